The van der Waals surface area contributed by atoms with Gasteiger partial charge in [-0.1, -0.05) is 39.0 Å². The molecule has 2 aromatic rings. The number of nitrogens with zero attached hydrogens (tertiary/aromatic N) is 4. The standard InChI is InChI=1S/C20H28N4O/c1-15-14-18(22(5)21-15)19(25)24-12-10-23(11-13-24)17-9-7-6-8-16(17)20(2,3)4/h6-9,14H,10-13H2,1-5H3. The molecule has 0 bridgehead atoms. The Kier molecular flexibility index (Phi) is 4.58. The lowest BCUT2D eigenvalue weighted by atomic mass is 9.85. The van der Waals surface area contributed by atoms with Crippen LogP contribution in [0.5, 0.6) is 0 Å². The Morgan fingerprint density at radius 3 is 2.28 bits per heavy atom. The van der Waals surface area contributed by atoms with Gasteiger partial charge in [-0.05, 0) is 30.0 Å². The molecule has 0 unspecified atom stereocenters. The van der Waals surface area contributed by atoms with Gasteiger partial charge in [0, 0.05) is 38.9 Å². The predicted octanol–water partition coefficient (Wildman–Crippen LogP) is 2.99. The number of hydrogen-bond acceptors (Lipinski definition) is 3. The molecule has 1 aliphatic rings. The Hall–Kier alpha value is -2.30. The van der Waals surface area contributed by atoms with Crippen molar-refractivity contribution in [1.82, 2.24) is 14.7 Å². The van der Waals surface area contributed by atoms with Crippen molar-refractivity contribution in [3.63, 3.8) is 0 Å². The molecular weight excluding hydrogens is 312 g/mol. The van der Waals surface area contributed by atoms with Crippen LogP contribution in [-0.2, 0) is 12.5 Å². The third kappa shape index (κ3) is 3.55. The van der Waals surface area contributed by atoms with Crippen LogP contribution in [0.4, 0.5) is 5.69 Å². The first-order valence-electron chi connectivity index (χ1n) is 8.92. The lowest BCUT2D eigenvalue weighted by Crippen LogP contribution is -2.49. The van der Waals surface area contributed by atoms with Crippen LogP contribution in [0.2, 0.25) is 0 Å². The Labute approximate surface area is 150 Å². The van der Waals surface area contributed by atoms with Crippen LogP contribution in [0, 0.1) is 6.92 Å². The minimum atomic E-state index is 0.0758. The number of aromatic nitrogens is 2. The molecule has 1 aromatic heterocycles. The molecule has 3 rings (SSSR count). The van der Waals surface area contributed by atoms with Gasteiger partial charge in [-0.25, -0.2) is 0 Å². The lowest BCUT2D eigenvalue weighted by Gasteiger charge is -2.38. The number of para-hydroxylation sites is 1. The summed E-state index contributed by atoms with van der Waals surface area (Å²) in [6, 6.07) is 10.5. The molecule has 0 atom stereocenters. The summed E-state index contributed by atoms with van der Waals surface area (Å²) in [5, 5.41) is 4.29. The van der Waals surface area contributed by atoms with Crippen molar-refractivity contribution in [3.05, 3.63) is 47.3 Å². The number of benzene rings is 1. The molecule has 0 saturated carbocycles. The second-order valence-electron chi connectivity index (χ2n) is 7.84. The van der Waals surface area contributed by atoms with Gasteiger partial charge in [-0.15, -0.1) is 0 Å². The first kappa shape index (κ1) is 17.5. The summed E-state index contributed by atoms with van der Waals surface area (Å²) >= 11 is 0. The third-order valence-electron chi connectivity index (χ3n) is 4.84. The summed E-state index contributed by atoms with van der Waals surface area (Å²) < 4.78 is 1.68. The number of rotatable bonds is 2. The van der Waals surface area contributed by atoms with Crippen molar-refractivity contribution in [2.75, 3.05) is 31.1 Å². The largest absolute Gasteiger partial charge is 0.368 e. The van der Waals surface area contributed by atoms with Gasteiger partial charge in [0.15, 0.2) is 0 Å². The van der Waals surface area contributed by atoms with Crippen LogP contribution in [0.25, 0.3) is 0 Å². The summed E-state index contributed by atoms with van der Waals surface area (Å²) in [6.07, 6.45) is 0. The molecule has 1 amide bonds. The van der Waals surface area contributed by atoms with Gasteiger partial charge in [0.25, 0.3) is 5.91 Å². The second-order valence-corrected chi connectivity index (χ2v) is 7.84. The Morgan fingerprint density at radius 1 is 1.08 bits per heavy atom. The summed E-state index contributed by atoms with van der Waals surface area (Å²) in [6.45, 7) is 11.8. The van der Waals surface area contributed by atoms with Gasteiger partial charge in [0.2, 0.25) is 0 Å². The van der Waals surface area contributed by atoms with E-state index in [9.17, 15) is 4.79 Å². The van der Waals surface area contributed by atoms with E-state index >= 15 is 0 Å². The van der Waals surface area contributed by atoms with Crippen LogP contribution >= 0.6 is 0 Å². The van der Waals surface area contributed by atoms with E-state index in [1.165, 1.54) is 11.3 Å². The number of amides is 1. The van der Waals surface area contributed by atoms with Crippen LogP contribution in [-0.4, -0.2) is 46.8 Å². The number of carbonyl (C=O) groups is 1. The maximum atomic E-state index is 12.7. The van der Waals surface area contributed by atoms with E-state index in [1.807, 2.05) is 24.9 Å². The van der Waals surface area contributed by atoms with Crippen molar-refractivity contribution in [1.29, 1.82) is 0 Å². The molecule has 0 N–H and O–H groups in total. The Balaban J connectivity index is 1.73. The van der Waals surface area contributed by atoms with Gasteiger partial charge in [-0.2, -0.15) is 5.10 Å². The molecule has 1 aromatic carbocycles. The molecule has 2 heterocycles. The SMILES string of the molecule is Cc1cc(C(=O)N2CCN(c3ccccc3C(C)(C)C)CC2)n(C)n1. The van der Waals surface area contributed by atoms with Crippen LogP contribution < -0.4 is 4.90 Å². The highest BCUT2D eigenvalue weighted by atomic mass is 16.2. The molecule has 134 valence electrons. The Morgan fingerprint density at radius 2 is 1.72 bits per heavy atom. The molecule has 1 saturated heterocycles. The number of carbonyl (C=O) groups excluding carboxylic acids is 1. The van der Waals surface area contributed by atoms with Crippen molar-refractivity contribution < 1.29 is 4.79 Å². The lowest BCUT2D eigenvalue weighted by molar-refractivity contribution is 0.0735. The molecule has 0 spiro atoms. The fraction of sp³-hybridized carbons (Fsp3) is 0.500. The normalized spacial score (nSPS) is 15.6. The maximum Gasteiger partial charge on any atom is 0.272 e. The van der Waals surface area contributed by atoms with E-state index in [4.69, 9.17) is 0 Å². The summed E-state index contributed by atoms with van der Waals surface area (Å²) in [4.78, 5) is 17.1. The zero-order valence-corrected chi connectivity index (χ0v) is 15.9. The highest BCUT2D eigenvalue weighted by Crippen LogP contribution is 2.32. The van der Waals surface area contributed by atoms with Crippen LogP contribution in [0.15, 0.2) is 30.3 Å². The van der Waals surface area contributed by atoms with Gasteiger partial charge >= 0.3 is 0 Å². The topological polar surface area (TPSA) is 41.4 Å². The van der Waals surface area contributed by atoms with Gasteiger partial charge in [0.1, 0.15) is 5.69 Å². The van der Waals surface area contributed by atoms with Gasteiger partial charge < -0.3 is 9.80 Å². The van der Waals surface area contributed by atoms with E-state index in [0.29, 0.717) is 5.69 Å². The molecule has 1 aliphatic heterocycles. The van der Waals surface area contributed by atoms with Gasteiger partial charge in [0.05, 0.1) is 5.69 Å². The average molecular weight is 340 g/mol. The zero-order chi connectivity index (χ0) is 18.2. The van der Waals surface area contributed by atoms with E-state index in [-0.39, 0.29) is 11.3 Å². The minimum Gasteiger partial charge on any atom is -0.368 e. The molecule has 5 heteroatoms. The first-order valence-corrected chi connectivity index (χ1v) is 8.92. The van der Waals surface area contributed by atoms with E-state index < -0.39 is 0 Å². The predicted molar refractivity (Wildman–Crippen MR) is 101 cm³/mol. The maximum absolute atomic E-state index is 12.7. The fourth-order valence-electron chi connectivity index (χ4n) is 3.51. The van der Waals surface area contributed by atoms with E-state index in [0.717, 1.165) is 31.9 Å². The van der Waals surface area contributed by atoms with Crippen molar-refractivity contribution in [2.45, 2.75) is 33.1 Å². The molecule has 1 fully saturated rings. The Bertz CT molecular complexity index is 764. The number of anilines is 1. The average Bonchev–Trinajstić information content (AvgIpc) is 2.92. The number of hydrogen-bond donors (Lipinski definition) is 0. The fourth-order valence-corrected chi connectivity index (χ4v) is 3.51. The molecule has 0 aliphatic carbocycles. The number of piperazine rings is 1. The number of aryl methyl sites for hydroxylation is 2. The molecular formula is C20H28N4O. The van der Waals surface area contributed by atoms with Crippen molar-refractivity contribution in [2.24, 2.45) is 7.05 Å². The molecule has 5 nitrogen and oxygen atoms in total. The summed E-state index contributed by atoms with van der Waals surface area (Å²) in [7, 11) is 1.83. The van der Waals surface area contributed by atoms with Crippen molar-refractivity contribution in [3.8, 4) is 0 Å². The first-order chi connectivity index (χ1) is 11.8. The highest BCUT2D eigenvalue weighted by Gasteiger charge is 2.27. The summed E-state index contributed by atoms with van der Waals surface area (Å²) in [5.41, 5.74) is 4.30. The van der Waals surface area contributed by atoms with Crippen LogP contribution in [0.1, 0.15) is 42.5 Å². The molecule has 25 heavy (non-hydrogen) atoms. The zero-order valence-electron chi connectivity index (χ0n) is 15.9. The highest BCUT2D eigenvalue weighted by molar-refractivity contribution is 5.92. The van der Waals surface area contributed by atoms with Crippen molar-refractivity contribution >= 4 is 11.6 Å². The van der Waals surface area contributed by atoms with Crippen LogP contribution in [0.3, 0.4) is 0 Å². The summed E-state index contributed by atoms with van der Waals surface area (Å²) in [5.74, 6) is 0.0758. The second kappa shape index (κ2) is 6.54. The minimum absolute atomic E-state index is 0.0758. The quantitative estimate of drug-likeness (QED) is 0.844. The van der Waals surface area contributed by atoms with E-state index in [1.54, 1.807) is 4.68 Å². The van der Waals surface area contributed by atoms with E-state index in [2.05, 4.69) is 55.0 Å². The van der Waals surface area contributed by atoms with Gasteiger partial charge in [-0.3, -0.25) is 9.48 Å². The molecule has 0 radical (unpaired) electrons. The third-order valence-corrected chi connectivity index (χ3v) is 4.84. The smallest absolute Gasteiger partial charge is 0.272 e. The monoisotopic (exact) mass is 340 g/mol.